The Morgan fingerprint density at radius 2 is 1.52 bits per heavy atom. The van der Waals surface area contributed by atoms with E-state index in [1.165, 1.54) is 22.5 Å². The van der Waals surface area contributed by atoms with E-state index >= 15 is 0 Å². The first kappa shape index (κ1) is 20.9. The van der Waals surface area contributed by atoms with Crippen LogP contribution in [-0.2, 0) is 28.8 Å². The topological polar surface area (TPSA) is 59.0 Å². The fraction of sp³-hybridized carbons (Fsp3) is 0.269. The van der Waals surface area contributed by atoms with Gasteiger partial charge in [-0.25, -0.2) is 4.79 Å². The van der Waals surface area contributed by atoms with Gasteiger partial charge in [-0.05, 0) is 60.7 Å². The van der Waals surface area contributed by atoms with Crippen LogP contribution in [0.1, 0.15) is 23.6 Å². The van der Waals surface area contributed by atoms with E-state index in [1.54, 1.807) is 6.92 Å². The van der Waals surface area contributed by atoms with Gasteiger partial charge in [-0.2, -0.15) is 0 Å². The SMILES string of the molecule is CCOC(Cc1ccc(OCN2c3ccccc3CCc3ccccc32)cc1)C(=O)O. The number of aliphatic carboxylic acids is 1. The zero-order valence-corrected chi connectivity index (χ0v) is 17.7. The van der Waals surface area contributed by atoms with Gasteiger partial charge in [-0.1, -0.05) is 48.5 Å². The Bertz CT molecular complexity index is 984. The average molecular weight is 418 g/mol. The summed E-state index contributed by atoms with van der Waals surface area (Å²) in [6.07, 6.45) is 1.50. The molecule has 0 spiro atoms. The number of anilines is 2. The van der Waals surface area contributed by atoms with Crippen LogP contribution >= 0.6 is 0 Å². The molecule has 5 heteroatoms. The van der Waals surface area contributed by atoms with E-state index < -0.39 is 12.1 Å². The van der Waals surface area contributed by atoms with Crippen molar-refractivity contribution in [3.05, 3.63) is 89.5 Å². The molecule has 0 saturated heterocycles. The molecule has 3 aromatic rings. The molecule has 31 heavy (non-hydrogen) atoms. The number of carboxylic acid groups (broad SMARTS) is 1. The van der Waals surface area contributed by atoms with Gasteiger partial charge in [0.1, 0.15) is 5.75 Å². The van der Waals surface area contributed by atoms with Crippen molar-refractivity contribution in [1.82, 2.24) is 0 Å². The number of ether oxygens (including phenoxy) is 2. The number of hydrogen-bond donors (Lipinski definition) is 1. The fourth-order valence-corrected chi connectivity index (χ4v) is 4.00. The molecule has 0 saturated carbocycles. The Balaban J connectivity index is 1.50. The van der Waals surface area contributed by atoms with Gasteiger partial charge in [0.15, 0.2) is 12.8 Å². The summed E-state index contributed by atoms with van der Waals surface area (Å²) in [6, 6.07) is 24.5. The van der Waals surface area contributed by atoms with Crippen LogP contribution in [0.25, 0.3) is 0 Å². The van der Waals surface area contributed by atoms with Gasteiger partial charge in [-0.15, -0.1) is 0 Å². The van der Waals surface area contributed by atoms with Gasteiger partial charge in [0.05, 0.1) is 0 Å². The molecule has 0 fully saturated rings. The average Bonchev–Trinajstić information content (AvgIpc) is 2.95. The first-order valence-corrected chi connectivity index (χ1v) is 10.6. The van der Waals surface area contributed by atoms with Gasteiger partial charge >= 0.3 is 5.97 Å². The third-order valence-corrected chi connectivity index (χ3v) is 5.58. The molecule has 4 rings (SSSR count). The minimum atomic E-state index is -0.944. The van der Waals surface area contributed by atoms with E-state index in [0.717, 1.165) is 24.2 Å². The van der Waals surface area contributed by atoms with E-state index in [1.807, 2.05) is 24.3 Å². The molecular weight excluding hydrogens is 390 g/mol. The smallest absolute Gasteiger partial charge is 0.333 e. The molecule has 160 valence electrons. The second kappa shape index (κ2) is 9.67. The van der Waals surface area contributed by atoms with Crippen molar-refractivity contribution >= 4 is 17.3 Å². The highest BCUT2D eigenvalue weighted by Crippen LogP contribution is 2.35. The minimum absolute atomic E-state index is 0.330. The van der Waals surface area contributed by atoms with Gasteiger partial charge < -0.3 is 19.5 Å². The Kier molecular flexibility index (Phi) is 6.53. The third-order valence-electron chi connectivity index (χ3n) is 5.58. The van der Waals surface area contributed by atoms with E-state index in [4.69, 9.17) is 9.47 Å². The van der Waals surface area contributed by atoms with Crippen LogP contribution in [-0.4, -0.2) is 30.5 Å². The zero-order valence-electron chi connectivity index (χ0n) is 17.7. The Morgan fingerprint density at radius 3 is 2.06 bits per heavy atom. The summed E-state index contributed by atoms with van der Waals surface area (Å²) in [5.74, 6) is -0.202. The number of hydrogen-bond acceptors (Lipinski definition) is 4. The lowest BCUT2D eigenvalue weighted by Crippen LogP contribution is -2.26. The quantitative estimate of drug-likeness (QED) is 0.559. The number of aryl methyl sites for hydroxylation is 2. The Labute approximate surface area is 182 Å². The molecule has 1 atom stereocenters. The summed E-state index contributed by atoms with van der Waals surface area (Å²) < 4.78 is 11.5. The van der Waals surface area contributed by atoms with Crippen molar-refractivity contribution in [3.63, 3.8) is 0 Å². The number of fused-ring (bicyclic) bond motifs is 2. The molecule has 1 unspecified atom stereocenters. The lowest BCUT2D eigenvalue weighted by molar-refractivity contribution is -0.149. The zero-order chi connectivity index (χ0) is 21.6. The molecule has 0 amide bonds. The Morgan fingerprint density at radius 1 is 0.935 bits per heavy atom. The van der Waals surface area contributed by atoms with Crippen molar-refractivity contribution < 1.29 is 19.4 Å². The summed E-state index contributed by atoms with van der Waals surface area (Å²) in [5, 5.41) is 9.28. The third kappa shape index (κ3) is 4.89. The molecule has 1 N–H and O–H groups in total. The number of carbonyl (C=O) groups is 1. The summed E-state index contributed by atoms with van der Waals surface area (Å²) in [4.78, 5) is 13.5. The lowest BCUT2D eigenvalue weighted by atomic mass is 10.0. The van der Waals surface area contributed by atoms with Crippen LogP contribution in [0.5, 0.6) is 5.75 Å². The highest BCUT2D eigenvalue weighted by Gasteiger charge is 2.21. The van der Waals surface area contributed by atoms with Crippen molar-refractivity contribution in [3.8, 4) is 5.75 Å². The maximum absolute atomic E-state index is 11.3. The predicted octanol–water partition coefficient (Wildman–Crippen LogP) is 4.99. The van der Waals surface area contributed by atoms with Crippen molar-refractivity contribution in [2.45, 2.75) is 32.3 Å². The van der Waals surface area contributed by atoms with Gasteiger partial charge in [0.2, 0.25) is 0 Å². The van der Waals surface area contributed by atoms with E-state index in [2.05, 4.69) is 53.4 Å². The molecule has 1 aliphatic rings. The van der Waals surface area contributed by atoms with Crippen LogP contribution in [0.2, 0.25) is 0 Å². The lowest BCUT2D eigenvalue weighted by Gasteiger charge is -2.27. The normalized spacial score (nSPS) is 13.6. The highest BCUT2D eigenvalue weighted by atomic mass is 16.5. The van der Waals surface area contributed by atoms with Crippen molar-refractivity contribution in [2.75, 3.05) is 18.2 Å². The highest BCUT2D eigenvalue weighted by molar-refractivity contribution is 5.73. The van der Waals surface area contributed by atoms with Crippen LogP contribution in [0.4, 0.5) is 11.4 Å². The fourth-order valence-electron chi connectivity index (χ4n) is 4.00. The van der Waals surface area contributed by atoms with E-state index in [9.17, 15) is 9.90 Å². The summed E-state index contributed by atoms with van der Waals surface area (Å²) in [5.41, 5.74) is 5.87. The minimum Gasteiger partial charge on any atom is -0.479 e. The predicted molar refractivity (Wildman–Crippen MR) is 121 cm³/mol. The standard InChI is InChI=1S/C26H27NO4/c1-2-30-25(26(28)29)17-19-11-15-22(16-12-19)31-18-27-23-9-5-3-7-20(23)13-14-21-8-4-6-10-24(21)27/h3-12,15-16,25H,2,13-14,17-18H2,1H3,(H,28,29). The summed E-state index contributed by atoms with van der Waals surface area (Å²) in [6.45, 7) is 2.56. The van der Waals surface area contributed by atoms with Crippen LogP contribution in [0.15, 0.2) is 72.8 Å². The number of rotatable bonds is 8. The molecule has 1 heterocycles. The first-order chi connectivity index (χ1) is 15.2. The largest absolute Gasteiger partial charge is 0.479 e. The van der Waals surface area contributed by atoms with Gasteiger partial charge in [0, 0.05) is 24.4 Å². The maximum atomic E-state index is 11.3. The van der Waals surface area contributed by atoms with Gasteiger partial charge in [0.25, 0.3) is 0 Å². The number of nitrogens with zero attached hydrogens (tertiary/aromatic N) is 1. The second-order valence-corrected chi connectivity index (χ2v) is 7.59. The second-order valence-electron chi connectivity index (χ2n) is 7.59. The van der Waals surface area contributed by atoms with Crippen molar-refractivity contribution in [1.29, 1.82) is 0 Å². The molecule has 0 aromatic heterocycles. The maximum Gasteiger partial charge on any atom is 0.333 e. The van der Waals surface area contributed by atoms with Gasteiger partial charge in [-0.3, -0.25) is 0 Å². The molecule has 1 aliphatic heterocycles. The van der Waals surface area contributed by atoms with Crippen molar-refractivity contribution in [2.24, 2.45) is 0 Å². The van der Waals surface area contributed by atoms with E-state index in [0.29, 0.717) is 19.8 Å². The molecule has 3 aromatic carbocycles. The monoisotopic (exact) mass is 417 g/mol. The van der Waals surface area contributed by atoms with Crippen LogP contribution in [0, 0.1) is 0 Å². The molecular formula is C26H27NO4. The first-order valence-electron chi connectivity index (χ1n) is 10.6. The van der Waals surface area contributed by atoms with Crippen LogP contribution < -0.4 is 9.64 Å². The summed E-state index contributed by atoms with van der Waals surface area (Å²) in [7, 11) is 0. The van der Waals surface area contributed by atoms with E-state index in [-0.39, 0.29) is 0 Å². The molecule has 0 bridgehead atoms. The summed E-state index contributed by atoms with van der Waals surface area (Å²) >= 11 is 0. The molecule has 5 nitrogen and oxygen atoms in total. The molecule has 0 aliphatic carbocycles. The number of para-hydroxylation sites is 2. The number of benzene rings is 3. The molecule has 0 radical (unpaired) electrons. The number of carboxylic acids is 1. The Hall–Kier alpha value is -3.31. The van der Waals surface area contributed by atoms with Crippen LogP contribution in [0.3, 0.4) is 0 Å².